The molecule has 1 fully saturated rings. The fraction of sp³-hybridized carbons (Fsp3) is 0.538. The fourth-order valence-electron chi connectivity index (χ4n) is 2.40. The Bertz CT molecular complexity index is 455. The van der Waals surface area contributed by atoms with Crippen LogP contribution >= 0.6 is 22.6 Å². The van der Waals surface area contributed by atoms with Crippen molar-refractivity contribution in [3.8, 4) is 0 Å². The minimum atomic E-state index is -0.224. The summed E-state index contributed by atoms with van der Waals surface area (Å²) < 4.78 is 14.1. The first-order chi connectivity index (χ1) is 7.68. The first-order valence-electron chi connectivity index (χ1n) is 5.69. The van der Waals surface area contributed by atoms with Crippen molar-refractivity contribution in [1.29, 1.82) is 0 Å². The Balaban J connectivity index is 2.25. The quantitative estimate of drug-likeness (QED) is 0.629. The number of anilines is 2. The monoisotopic (exact) mass is 348 g/mol. The molecule has 0 saturated heterocycles. The minimum absolute atomic E-state index is 0.207. The Labute approximate surface area is 115 Å². The molecule has 0 atom stereocenters. The van der Waals surface area contributed by atoms with E-state index < -0.39 is 0 Å². The maximum absolute atomic E-state index is 13.5. The van der Waals surface area contributed by atoms with Gasteiger partial charge in [-0.15, -0.1) is 0 Å². The summed E-state index contributed by atoms with van der Waals surface area (Å²) in [7, 11) is 0. The van der Waals surface area contributed by atoms with Crippen molar-refractivity contribution in [2.75, 3.05) is 11.1 Å². The molecule has 2 nitrogen and oxygen atoms in total. The van der Waals surface area contributed by atoms with E-state index in [2.05, 4.69) is 33.0 Å². The van der Waals surface area contributed by atoms with Gasteiger partial charge < -0.3 is 11.1 Å². The van der Waals surface area contributed by atoms with Gasteiger partial charge in [-0.1, -0.05) is 27.7 Å². The molecule has 17 heavy (non-hydrogen) atoms. The summed E-state index contributed by atoms with van der Waals surface area (Å²) in [6, 6.07) is 3.49. The van der Waals surface area contributed by atoms with Gasteiger partial charge in [-0.2, -0.15) is 0 Å². The van der Waals surface area contributed by atoms with Crippen LogP contribution in [0.3, 0.4) is 0 Å². The van der Waals surface area contributed by atoms with E-state index in [1.54, 1.807) is 6.07 Å². The van der Waals surface area contributed by atoms with Crippen LogP contribution < -0.4 is 11.1 Å². The molecule has 4 heteroatoms. The SMILES string of the molecule is CC1(C)C(Nc2cc(F)c(I)cc2N)C1(C)C. The maximum atomic E-state index is 13.5. The number of benzene rings is 1. The molecule has 1 aliphatic carbocycles. The summed E-state index contributed by atoms with van der Waals surface area (Å²) in [5.41, 5.74) is 7.63. The zero-order valence-corrected chi connectivity index (χ0v) is 12.7. The summed E-state index contributed by atoms with van der Waals surface area (Å²) in [6.07, 6.45) is 0. The minimum Gasteiger partial charge on any atom is -0.397 e. The van der Waals surface area contributed by atoms with Crippen molar-refractivity contribution in [2.24, 2.45) is 10.8 Å². The molecule has 0 aliphatic heterocycles. The Kier molecular flexibility index (Phi) is 2.84. The molecular formula is C13H18FIN2. The molecule has 0 unspecified atom stereocenters. The van der Waals surface area contributed by atoms with Gasteiger partial charge in [-0.3, -0.25) is 0 Å². The first kappa shape index (κ1) is 12.9. The van der Waals surface area contributed by atoms with Gasteiger partial charge in [0.1, 0.15) is 5.82 Å². The zero-order valence-electron chi connectivity index (χ0n) is 10.6. The Hall–Kier alpha value is -0.520. The molecule has 94 valence electrons. The van der Waals surface area contributed by atoms with Gasteiger partial charge in [0.05, 0.1) is 14.9 Å². The third-order valence-electron chi connectivity index (χ3n) is 4.41. The molecule has 1 saturated carbocycles. The van der Waals surface area contributed by atoms with Gasteiger partial charge in [0.15, 0.2) is 0 Å². The van der Waals surface area contributed by atoms with E-state index in [1.807, 2.05) is 22.6 Å². The van der Waals surface area contributed by atoms with Crippen LogP contribution in [-0.2, 0) is 0 Å². The lowest BCUT2D eigenvalue weighted by atomic mass is 10.0. The van der Waals surface area contributed by atoms with Crippen molar-refractivity contribution in [2.45, 2.75) is 33.7 Å². The third-order valence-corrected chi connectivity index (χ3v) is 5.24. The smallest absolute Gasteiger partial charge is 0.138 e. The van der Waals surface area contributed by atoms with Crippen molar-refractivity contribution < 1.29 is 4.39 Å². The summed E-state index contributed by atoms with van der Waals surface area (Å²) in [6.45, 7) is 8.85. The standard InChI is InChI=1S/C13H18FIN2/c1-12(2)11(13(12,3)4)17-10-5-7(14)8(15)6-9(10)16/h5-6,11,17H,16H2,1-4H3. The molecule has 0 bridgehead atoms. The average Bonchev–Trinajstić information content (AvgIpc) is 2.57. The van der Waals surface area contributed by atoms with Crippen LogP contribution in [0.2, 0.25) is 0 Å². The van der Waals surface area contributed by atoms with Crippen LogP contribution in [0.5, 0.6) is 0 Å². The van der Waals surface area contributed by atoms with E-state index in [9.17, 15) is 4.39 Å². The largest absolute Gasteiger partial charge is 0.397 e. The predicted octanol–water partition coefficient (Wildman–Crippen LogP) is 3.86. The highest BCUT2D eigenvalue weighted by atomic mass is 127. The zero-order chi connectivity index (χ0) is 13.0. The molecule has 0 aromatic heterocycles. The molecule has 1 aliphatic rings. The number of hydrogen-bond acceptors (Lipinski definition) is 2. The number of nitrogen functional groups attached to an aromatic ring is 1. The average molecular weight is 348 g/mol. The Morgan fingerprint density at radius 2 is 1.76 bits per heavy atom. The van der Waals surface area contributed by atoms with Crippen molar-refractivity contribution in [3.05, 3.63) is 21.5 Å². The van der Waals surface area contributed by atoms with E-state index in [0.717, 1.165) is 0 Å². The van der Waals surface area contributed by atoms with Crippen molar-refractivity contribution in [3.63, 3.8) is 0 Å². The van der Waals surface area contributed by atoms with Crippen LogP contribution in [0.4, 0.5) is 15.8 Å². The summed E-state index contributed by atoms with van der Waals surface area (Å²) >= 11 is 1.95. The molecule has 0 spiro atoms. The Morgan fingerprint density at radius 3 is 2.24 bits per heavy atom. The lowest BCUT2D eigenvalue weighted by molar-refractivity contribution is 0.457. The van der Waals surface area contributed by atoms with Crippen molar-refractivity contribution >= 4 is 34.0 Å². The van der Waals surface area contributed by atoms with Crippen LogP contribution in [0.15, 0.2) is 12.1 Å². The topological polar surface area (TPSA) is 38.0 Å². The van der Waals surface area contributed by atoms with E-state index >= 15 is 0 Å². The van der Waals surface area contributed by atoms with Crippen LogP contribution in [0.1, 0.15) is 27.7 Å². The van der Waals surface area contributed by atoms with Crippen LogP contribution in [0, 0.1) is 20.2 Å². The van der Waals surface area contributed by atoms with Gasteiger partial charge in [0.25, 0.3) is 0 Å². The number of halogens is 2. The van der Waals surface area contributed by atoms with E-state index in [-0.39, 0.29) is 16.6 Å². The predicted molar refractivity (Wildman–Crippen MR) is 78.5 cm³/mol. The second-order valence-electron chi connectivity index (χ2n) is 5.87. The molecule has 1 aromatic carbocycles. The van der Waals surface area contributed by atoms with Gasteiger partial charge in [-0.25, -0.2) is 4.39 Å². The lowest BCUT2D eigenvalue weighted by Gasteiger charge is -2.12. The van der Waals surface area contributed by atoms with E-state index in [4.69, 9.17) is 5.73 Å². The van der Waals surface area contributed by atoms with Gasteiger partial charge in [0, 0.05) is 12.1 Å². The lowest BCUT2D eigenvalue weighted by Crippen LogP contribution is -2.12. The number of nitrogens with two attached hydrogens (primary N) is 1. The third kappa shape index (κ3) is 1.90. The maximum Gasteiger partial charge on any atom is 0.138 e. The van der Waals surface area contributed by atoms with E-state index in [1.165, 1.54) is 6.07 Å². The molecule has 3 N–H and O–H groups in total. The number of hydrogen-bond donors (Lipinski definition) is 2. The normalized spacial score (nSPS) is 21.3. The van der Waals surface area contributed by atoms with E-state index in [0.29, 0.717) is 21.0 Å². The second-order valence-corrected chi connectivity index (χ2v) is 7.04. The molecule has 0 amide bonds. The summed E-state index contributed by atoms with van der Waals surface area (Å²) in [5, 5.41) is 3.36. The first-order valence-corrected chi connectivity index (χ1v) is 6.77. The van der Waals surface area contributed by atoms with Gasteiger partial charge >= 0.3 is 0 Å². The fourth-order valence-corrected chi connectivity index (χ4v) is 2.89. The molecule has 0 heterocycles. The number of nitrogens with one attached hydrogen (secondary N) is 1. The summed E-state index contributed by atoms with van der Waals surface area (Å²) in [4.78, 5) is 0. The highest BCUT2D eigenvalue weighted by molar-refractivity contribution is 14.1. The molecule has 2 rings (SSSR count). The van der Waals surface area contributed by atoms with Gasteiger partial charge in [-0.05, 0) is 39.5 Å². The number of rotatable bonds is 2. The van der Waals surface area contributed by atoms with Crippen LogP contribution in [-0.4, -0.2) is 6.04 Å². The molecule has 0 radical (unpaired) electrons. The highest BCUT2D eigenvalue weighted by Gasteiger charge is 2.65. The Morgan fingerprint density at radius 1 is 1.24 bits per heavy atom. The van der Waals surface area contributed by atoms with Gasteiger partial charge in [0.2, 0.25) is 0 Å². The summed E-state index contributed by atoms with van der Waals surface area (Å²) in [5.74, 6) is -0.224. The second kappa shape index (κ2) is 3.73. The highest BCUT2D eigenvalue weighted by Crippen LogP contribution is 2.63. The van der Waals surface area contributed by atoms with Crippen molar-refractivity contribution in [1.82, 2.24) is 0 Å². The van der Waals surface area contributed by atoms with Crippen LogP contribution in [0.25, 0.3) is 0 Å². The molecular weight excluding hydrogens is 330 g/mol. The molecule has 1 aromatic rings.